The first-order valence-corrected chi connectivity index (χ1v) is 5.00. The van der Waals surface area contributed by atoms with E-state index < -0.39 is 0 Å². The van der Waals surface area contributed by atoms with E-state index in [2.05, 4.69) is 19.1 Å². The van der Waals surface area contributed by atoms with Crippen LogP contribution in [0.2, 0.25) is 0 Å². The number of allylic oxidation sites excluding steroid dienone is 2. The molecule has 2 heteroatoms. The zero-order valence-corrected chi connectivity index (χ0v) is 8.53. The molecule has 2 aliphatic rings. The second-order valence-electron chi connectivity index (χ2n) is 4.57. The zero-order valence-electron chi connectivity index (χ0n) is 8.53. The minimum Gasteiger partial charge on any atom is -0.349 e. The van der Waals surface area contributed by atoms with E-state index in [4.69, 9.17) is 0 Å². The van der Waals surface area contributed by atoms with Crippen LogP contribution < -0.4 is 0 Å². The van der Waals surface area contributed by atoms with Crippen LogP contribution in [0.5, 0.6) is 0 Å². The lowest BCUT2D eigenvalue weighted by atomic mass is 9.83. The van der Waals surface area contributed by atoms with Crippen LogP contribution in [0, 0.1) is 23.7 Å². The lowest BCUT2D eigenvalue weighted by molar-refractivity contribution is -0.135. The molecule has 0 saturated heterocycles. The standard InChI is InChI=1S/C11H17NO/c1-7-8-4-5-9(6-8)10(7)11(13)12(2)3/h4-5,7-10H,6H2,1-3H3. The molecule has 1 saturated carbocycles. The summed E-state index contributed by atoms with van der Waals surface area (Å²) in [4.78, 5) is 13.6. The van der Waals surface area contributed by atoms with Crippen LogP contribution in [-0.4, -0.2) is 24.9 Å². The normalized spacial score (nSPS) is 41.2. The molecule has 2 aliphatic carbocycles. The number of hydrogen-bond acceptors (Lipinski definition) is 1. The fraction of sp³-hybridized carbons (Fsp3) is 0.727. The minimum absolute atomic E-state index is 0.255. The van der Waals surface area contributed by atoms with E-state index in [0.717, 1.165) is 0 Å². The summed E-state index contributed by atoms with van der Waals surface area (Å²) in [7, 11) is 3.70. The fourth-order valence-corrected chi connectivity index (χ4v) is 2.78. The minimum atomic E-state index is 0.255. The van der Waals surface area contributed by atoms with E-state index in [9.17, 15) is 4.79 Å². The van der Waals surface area contributed by atoms with E-state index in [-0.39, 0.29) is 5.92 Å². The van der Waals surface area contributed by atoms with Crippen LogP contribution in [-0.2, 0) is 4.79 Å². The van der Waals surface area contributed by atoms with Gasteiger partial charge in [0.15, 0.2) is 0 Å². The van der Waals surface area contributed by atoms with Crippen molar-refractivity contribution in [1.82, 2.24) is 4.90 Å². The third-order valence-corrected chi connectivity index (χ3v) is 3.58. The number of carbonyl (C=O) groups excluding carboxylic acids is 1. The number of hydrogen-bond donors (Lipinski definition) is 0. The number of carbonyl (C=O) groups is 1. The molecule has 2 nitrogen and oxygen atoms in total. The van der Waals surface area contributed by atoms with Crippen molar-refractivity contribution in [2.75, 3.05) is 14.1 Å². The monoisotopic (exact) mass is 179 g/mol. The predicted octanol–water partition coefficient (Wildman–Crippen LogP) is 1.53. The first kappa shape index (κ1) is 8.79. The Morgan fingerprint density at radius 2 is 1.92 bits per heavy atom. The van der Waals surface area contributed by atoms with E-state index in [1.807, 2.05) is 14.1 Å². The summed E-state index contributed by atoms with van der Waals surface area (Å²) in [5.41, 5.74) is 0. The Morgan fingerprint density at radius 1 is 1.31 bits per heavy atom. The first-order valence-electron chi connectivity index (χ1n) is 5.00. The van der Waals surface area contributed by atoms with Gasteiger partial charge in [0.05, 0.1) is 0 Å². The van der Waals surface area contributed by atoms with Gasteiger partial charge in [-0.1, -0.05) is 19.1 Å². The number of nitrogens with zero attached hydrogens (tertiary/aromatic N) is 1. The summed E-state index contributed by atoms with van der Waals surface area (Å²) in [6, 6.07) is 0. The number of amides is 1. The van der Waals surface area contributed by atoms with Crippen molar-refractivity contribution >= 4 is 5.91 Å². The molecule has 0 radical (unpaired) electrons. The molecular weight excluding hydrogens is 162 g/mol. The van der Waals surface area contributed by atoms with Crippen molar-refractivity contribution in [3.63, 3.8) is 0 Å². The third-order valence-electron chi connectivity index (χ3n) is 3.58. The predicted molar refractivity (Wildman–Crippen MR) is 52.1 cm³/mol. The Kier molecular flexibility index (Phi) is 1.94. The maximum absolute atomic E-state index is 11.8. The van der Waals surface area contributed by atoms with Gasteiger partial charge in [0.2, 0.25) is 5.91 Å². The Hall–Kier alpha value is -0.790. The van der Waals surface area contributed by atoms with Crippen LogP contribution in [0.15, 0.2) is 12.2 Å². The van der Waals surface area contributed by atoms with Crippen molar-refractivity contribution in [2.24, 2.45) is 23.7 Å². The van der Waals surface area contributed by atoms with E-state index in [1.54, 1.807) is 4.90 Å². The highest BCUT2D eigenvalue weighted by Gasteiger charge is 2.45. The molecule has 4 unspecified atom stereocenters. The van der Waals surface area contributed by atoms with Gasteiger partial charge in [0.1, 0.15) is 0 Å². The topological polar surface area (TPSA) is 20.3 Å². The van der Waals surface area contributed by atoms with Gasteiger partial charge in [0, 0.05) is 20.0 Å². The Balaban J connectivity index is 2.17. The van der Waals surface area contributed by atoms with E-state index >= 15 is 0 Å². The Labute approximate surface area is 79.6 Å². The highest BCUT2D eigenvalue weighted by atomic mass is 16.2. The van der Waals surface area contributed by atoms with Crippen LogP contribution in [0.4, 0.5) is 0 Å². The average Bonchev–Trinajstić information content (AvgIpc) is 2.62. The molecule has 0 aromatic carbocycles. The van der Waals surface area contributed by atoms with Crippen molar-refractivity contribution in [3.05, 3.63) is 12.2 Å². The van der Waals surface area contributed by atoms with E-state index in [0.29, 0.717) is 23.7 Å². The molecule has 0 heterocycles. The number of rotatable bonds is 1. The van der Waals surface area contributed by atoms with Crippen LogP contribution in [0.3, 0.4) is 0 Å². The molecule has 4 atom stereocenters. The SMILES string of the molecule is CC1C2C=CC(C2)C1C(=O)N(C)C. The molecule has 0 aliphatic heterocycles. The summed E-state index contributed by atoms with van der Waals surface area (Å²) in [5.74, 6) is 2.30. The molecule has 2 rings (SSSR count). The van der Waals surface area contributed by atoms with Crippen LogP contribution in [0.1, 0.15) is 13.3 Å². The maximum atomic E-state index is 11.8. The van der Waals surface area contributed by atoms with Gasteiger partial charge in [0.25, 0.3) is 0 Å². The highest BCUT2D eigenvalue weighted by Crippen LogP contribution is 2.48. The van der Waals surface area contributed by atoms with Crippen molar-refractivity contribution in [1.29, 1.82) is 0 Å². The summed E-state index contributed by atoms with van der Waals surface area (Å²) in [6.07, 6.45) is 5.72. The maximum Gasteiger partial charge on any atom is 0.226 e. The first-order chi connectivity index (χ1) is 6.11. The van der Waals surface area contributed by atoms with Crippen LogP contribution in [0.25, 0.3) is 0 Å². The van der Waals surface area contributed by atoms with Gasteiger partial charge in [-0.25, -0.2) is 0 Å². The molecule has 0 N–H and O–H groups in total. The lowest BCUT2D eigenvalue weighted by Crippen LogP contribution is -2.35. The Morgan fingerprint density at radius 3 is 2.38 bits per heavy atom. The molecule has 0 aromatic rings. The molecule has 13 heavy (non-hydrogen) atoms. The second-order valence-corrected chi connectivity index (χ2v) is 4.57. The van der Waals surface area contributed by atoms with Gasteiger partial charge < -0.3 is 4.90 Å². The highest BCUT2D eigenvalue weighted by molar-refractivity contribution is 5.80. The van der Waals surface area contributed by atoms with Crippen LogP contribution >= 0.6 is 0 Å². The quantitative estimate of drug-likeness (QED) is 0.559. The summed E-state index contributed by atoms with van der Waals surface area (Å²) < 4.78 is 0. The summed E-state index contributed by atoms with van der Waals surface area (Å²) >= 11 is 0. The Bertz CT molecular complexity index is 257. The molecule has 2 bridgehead atoms. The summed E-state index contributed by atoms with van der Waals surface area (Å²) in [6.45, 7) is 2.21. The van der Waals surface area contributed by atoms with E-state index in [1.165, 1.54) is 6.42 Å². The van der Waals surface area contributed by atoms with Crippen molar-refractivity contribution < 1.29 is 4.79 Å². The van der Waals surface area contributed by atoms with Gasteiger partial charge in [-0.2, -0.15) is 0 Å². The smallest absolute Gasteiger partial charge is 0.226 e. The zero-order chi connectivity index (χ0) is 9.59. The van der Waals surface area contributed by atoms with Gasteiger partial charge >= 0.3 is 0 Å². The largest absolute Gasteiger partial charge is 0.349 e. The molecule has 1 fully saturated rings. The van der Waals surface area contributed by atoms with Gasteiger partial charge in [-0.3, -0.25) is 4.79 Å². The average molecular weight is 179 g/mol. The summed E-state index contributed by atoms with van der Waals surface area (Å²) in [5, 5.41) is 0. The molecule has 1 amide bonds. The number of fused-ring (bicyclic) bond motifs is 2. The second kappa shape index (κ2) is 2.86. The van der Waals surface area contributed by atoms with Crippen molar-refractivity contribution in [2.45, 2.75) is 13.3 Å². The molecular formula is C11H17NO. The van der Waals surface area contributed by atoms with Gasteiger partial charge in [-0.05, 0) is 24.2 Å². The van der Waals surface area contributed by atoms with Gasteiger partial charge in [-0.15, -0.1) is 0 Å². The lowest BCUT2D eigenvalue weighted by Gasteiger charge is -2.26. The third kappa shape index (κ3) is 1.19. The molecule has 0 aromatic heterocycles. The molecule has 72 valence electrons. The fourth-order valence-electron chi connectivity index (χ4n) is 2.78. The molecule has 0 spiro atoms. The van der Waals surface area contributed by atoms with Crippen molar-refractivity contribution in [3.8, 4) is 0 Å².